The number of aryl methyl sites for hydroxylation is 1. The number of amides is 2. The van der Waals surface area contributed by atoms with Gasteiger partial charge in [0.1, 0.15) is 11.8 Å². The van der Waals surface area contributed by atoms with Crippen molar-refractivity contribution in [1.29, 1.82) is 0 Å². The van der Waals surface area contributed by atoms with E-state index in [9.17, 15) is 9.59 Å². The lowest BCUT2D eigenvalue weighted by Crippen LogP contribution is -2.49. The van der Waals surface area contributed by atoms with Crippen molar-refractivity contribution in [1.82, 2.24) is 10.2 Å². The molecular weight excluding hydrogens is 480 g/mol. The van der Waals surface area contributed by atoms with Crippen molar-refractivity contribution in [2.24, 2.45) is 0 Å². The number of halogens is 1. The standard InChI is InChI=1S/C27H37BrN2O3/c1-7-8-14-29-26(32)20(3)30(17-21-11-9-10-19(2)15-21)25(31)18-33-24-13-12-22(16-23(24)28)27(4,5)6/h9-13,15-16,20H,7-8,14,17-18H2,1-6H3,(H,29,32)/t20-/m0/s1. The van der Waals surface area contributed by atoms with Gasteiger partial charge in [0.15, 0.2) is 6.61 Å². The van der Waals surface area contributed by atoms with Gasteiger partial charge in [-0.25, -0.2) is 0 Å². The van der Waals surface area contributed by atoms with Crippen molar-refractivity contribution in [3.63, 3.8) is 0 Å². The molecule has 2 aromatic carbocycles. The average Bonchev–Trinajstić information content (AvgIpc) is 2.75. The third kappa shape index (κ3) is 8.18. The Labute approximate surface area is 207 Å². The largest absolute Gasteiger partial charge is 0.483 e. The molecule has 0 aliphatic rings. The van der Waals surface area contributed by atoms with Crippen LogP contribution in [0.4, 0.5) is 0 Å². The van der Waals surface area contributed by atoms with Gasteiger partial charge < -0.3 is 15.0 Å². The lowest BCUT2D eigenvalue weighted by molar-refractivity contribution is -0.142. The van der Waals surface area contributed by atoms with Gasteiger partial charge in [0.25, 0.3) is 5.91 Å². The van der Waals surface area contributed by atoms with E-state index in [4.69, 9.17) is 4.74 Å². The van der Waals surface area contributed by atoms with Crippen LogP contribution in [-0.4, -0.2) is 35.9 Å². The highest BCUT2D eigenvalue weighted by Crippen LogP contribution is 2.31. The molecule has 0 spiro atoms. The molecule has 1 atom stereocenters. The number of benzene rings is 2. The van der Waals surface area contributed by atoms with Crippen LogP contribution in [0.25, 0.3) is 0 Å². The van der Waals surface area contributed by atoms with E-state index in [0.29, 0.717) is 18.8 Å². The van der Waals surface area contributed by atoms with Crippen LogP contribution in [0.1, 0.15) is 64.2 Å². The zero-order valence-electron chi connectivity index (χ0n) is 20.7. The van der Waals surface area contributed by atoms with Crippen LogP contribution in [0.2, 0.25) is 0 Å². The third-order valence-electron chi connectivity index (χ3n) is 5.58. The number of nitrogens with zero attached hydrogens (tertiary/aromatic N) is 1. The van der Waals surface area contributed by atoms with Gasteiger partial charge in [-0.05, 0) is 64.9 Å². The van der Waals surface area contributed by atoms with E-state index in [0.717, 1.165) is 28.4 Å². The molecule has 2 aromatic rings. The van der Waals surface area contributed by atoms with Gasteiger partial charge in [-0.2, -0.15) is 0 Å². The molecule has 0 saturated heterocycles. The fourth-order valence-electron chi connectivity index (χ4n) is 3.43. The first-order valence-corrected chi connectivity index (χ1v) is 12.4. The lowest BCUT2D eigenvalue weighted by atomic mass is 9.87. The number of nitrogens with one attached hydrogen (secondary N) is 1. The molecule has 1 N–H and O–H groups in total. The summed E-state index contributed by atoms with van der Waals surface area (Å²) in [6, 6.07) is 13.3. The molecule has 2 amide bonds. The molecule has 33 heavy (non-hydrogen) atoms. The molecule has 180 valence electrons. The molecule has 5 nitrogen and oxygen atoms in total. The summed E-state index contributed by atoms with van der Waals surface area (Å²) in [5.74, 6) is 0.216. The maximum atomic E-state index is 13.2. The Morgan fingerprint density at radius 3 is 2.48 bits per heavy atom. The molecule has 0 unspecified atom stereocenters. The fourth-order valence-corrected chi connectivity index (χ4v) is 3.93. The van der Waals surface area contributed by atoms with E-state index in [1.807, 2.05) is 49.4 Å². The van der Waals surface area contributed by atoms with Crippen LogP contribution < -0.4 is 10.1 Å². The average molecular weight is 518 g/mol. The van der Waals surface area contributed by atoms with Gasteiger partial charge in [0.2, 0.25) is 5.91 Å². The monoisotopic (exact) mass is 516 g/mol. The Bertz CT molecular complexity index is 953. The topological polar surface area (TPSA) is 58.6 Å². The molecule has 0 aliphatic carbocycles. The van der Waals surface area contributed by atoms with Crippen LogP contribution in [0, 0.1) is 6.92 Å². The number of hydrogen-bond donors (Lipinski definition) is 1. The van der Waals surface area contributed by atoms with Crippen LogP contribution in [0.15, 0.2) is 46.9 Å². The minimum absolute atomic E-state index is 0.0159. The number of hydrogen-bond acceptors (Lipinski definition) is 3. The van der Waals surface area contributed by atoms with Crippen molar-refractivity contribution in [3.8, 4) is 5.75 Å². The summed E-state index contributed by atoms with van der Waals surface area (Å²) >= 11 is 3.56. The Morgan fingerprint density at radius 2 is 1.88 bits per heavy atom. The molecule has 0 aliphatic heterocycles. The molecule has 0 radical (unpaired) electrons. The second-order valence-electron chi connectivity index (χ2n) is 9.52. The number of rotatable bonds is 10. The minimum Gasteiger partial charge on any atom is -0.483 e. The first kappa shape index (κ1) is 26.9. The highest BCUT2D eigenvalue weighted by molar-refractivity contribution is 9.10. The summed E-state index contributed by atoms with van der Waals surface area (Å²) < 4.78 is 6.67. The van der Waals surface area contributed by atoms with Gasteiger partial charge in [0.05, 0.1) is 4.47 Å². The fraction of sp³-hybridized carbons (Fsp3) is 0.481. The van der Waals surface area contributed by atoms with Crippen molar-refractivity contribution < 1.29 is 14.3 Å². The van der Waals surface area contributed by atoms with Crippen molar-refractivity contribution in [2.45, 2.75) is 72.4 Å². The first-order valence-electron chi connectivity index (χ1n) is 11.6. The predicted octanol–water partition coefficient (Wildman–Crippen LogP) is 5.77. The summed E-state index contributed by atoms with van der Waals surface area (Å²) in [6.45, 7) is 13.1. The Hall–Kier alpha value is -2.34. The number of unbranched alkanes of at least 4 members (excludes halogenated alkanes) is 1. The number of ether oxygens (including phenoxy) is 1. The van der Waals surface area contributed by atoms with E-state index >= 15 is 0 Å². The van der Waals surface area contributed by atoms with E-state index in [1.54, 1.807) is 11.8 Å². The molecule has 0 heterocycles. The second kappa shape index (κ2) is 12.2. The summed E-state index contributed by atoms with van der Waals surface area (Å²) in [4.78, 5) is 27.5. The Morgan fingerprint density at radius 1 is 1.15 bits per heavy atom. The Balaban J connectivity index is 2.16. The van der Waals surface area contributed by atoms with Gasteiger partial charge in [-0.1, -0.05) is 70.0 Å². The molecule has 0 saturated carbocycles. The first-order chi connectivity index (χ1) is 15.5. The lowest BCUT2D eigenvalue weighted by Gasteiger charge is -2.29. The maximum Gasteiger partial charge on any atom is 0.261 e. The summed E-state index contributed by atoms with van der Waals surface area (Å²) in [7, 11) is 0. The number of carbonyl (C=O) groups excluding carboxylic acids is 2. The quantitative estimate of drug-likeness (QED) is 0.408. The van der Waals surface area contributed by atoms with E-state index in [-0.39, 0.29) is 23.8 Å². The smallest absolute Gasteiger partial charge is 0.261 e. The molecule has 6 heteroatoms. The molecule has 0 bridgehead atoms. The molecule has 0 aromatic heterocycles. The SMILES string of the molecule is CCCCNC(=O)[C@H](C)N(Cc1cccc(C)c1)C(=O)COc1ccc(C(C)(C)C)cc1Br. The molecule has 2 rings (SSSR count). The highest BCUT2D eigenvalue weighted by Gasteiger charge is 2.26. The van der Waals surface area contributed by atoms with Gasteiger partial charge in [0, 0.05) is 13.1 Å². The van der Waals surface area contributed by atoms with Crippen LogP contribution >= 0.6 is 15.9 Å². The van der Waals surface area contributed by atoms with Crippen molar-refractivity contribution in [2.75, 3.05) is 13.2 Å². The zero-order valence-corrected chi connectivity index (χ0v) is 22.3. The summed E-state index contributed by atoms with van der Waals surface area (Å²) in [6.07, 6.45) is 1.91. The van der Waals surface area contributed by atoms with Crippen LogP contribution in [-0.2, 0) is 21.5 Å². The third-order valence-corrected chi connectivity index (χ3v) is 6.20. The van der Waals surface area contributed by atoms with E-state index in [1.165, 1.54) is 5.56 Å². The maximum absolute atomic E-state index is 13.2. The van der Waals surface area contributed by atoms with Gasteiger partial charge in [-0.3, -0.25) is 9.59 Å². The van der Waals surface area contributed by atoms with E-state index < -0.39 is 6.04 Å². The highest BCUT2D eigenvalue weighted by atomic mass is 79.9. The van der Waals surface area contributed by atoms with Gasteiger partial charge in [-0.15, -0.1) is 0 Å². The summed E-state index contributed by atoms with van der Waals surface area (Å²) in [5, 5.41) is 2.94. The Kier molecular flexibility index (Phi) is 9.96. The number of carbonyl (C=O) groups is 2. The summed E-state index contributed by atoms with van der Waals surface area (Å²) in [5.41, 5.74) is 3.28. The zero-order chi connectivity index (χ0) is 24.6. The van der Waals surface area contributed by atoms with Crippen LogP contribution in [0.3, 0.4) is 0 Å². The van der Waals surface area contributed by atoms with Crippen molar-refractivity contribution in [3.05, 3.63) is 63.6 Å². The van der Waals surface area contributed by atoms with E-state index in [2.05, 4.69) is 48.9 Å². The van der Waals surface area contributed by atoms with Gasteiger partial charge >= 0.3 is 0 Å². The van der Waals surface area contributed by atoms with Crippen LogP contribution in [0.5, 0.6) is 5.75 Å². The normalized spacial score (nSPS) is 12.2. The van der Waals surface area contributed by atoms with Crippen molar-refractivity contribution >= 4 is 27.7 Å². The minimum atomic E-state index is -0.606. The predicted molar refractivity (Wildman–Crippen MR) is 137 cm³/mol. The molecular formula is C27H37BrN2O3. The molecule has 0 fully saturated rings. The second-order valence-corrected chi connectivity index (χ2v) is 10.4.